The third kappa shape index (κ3) is 4.89. The van der Waals surface area contributed by atoms with E-state index in [2.05, 4.69) is 12.2 Å². The van der Waals surface area contributed by atoms with Crippen LogP contribution >= 0.6 is 11.3 Å². The average molecular weight is 381 g/mol. The van der Waals surface area contributed by atoms with Gasteiger partial charge in [0.15, 0.2) is 11.5 Å². The fourth-order valence-electron chi connectivity index (χ4n) is 2.64. The lowest BCUT2D eigenvalue weighted by atomic mass is 10.1. The van der Waals surface area contributed by atoms with Gasteiger partial charge in [-0.25, -0.2) is 0 Å². The highest BCUT2D eigenvalue weighted by atomic mass is 32.1. The van der Waals surface area contributed by atoms with Gasteiger partial charge in [-0.05, 0) is 60.2 Å². The Hall–Kier alpha value is -2.79. The summed E-state index contributed by atoms with van der Waals surface area (Å²) in [6, 6.07) is 15.6. The van der Waals surface area contributed by atoms with Crippen molar-refractivity contribution >= 4 is 22.9 Å². The van der Waals surface area contributed by atoms with Gasteiger partial charge in [-0.2, -0.15) is 0 Å². The second-order valence-corrected chi connectivity index (χ2v) is 7.18. The van der Waals surface area contributed by atoms with E-state index in [1.54, 1.807) is 7.11 Å². The molecule has 0 saturated heterocycles. The lowest BCUT2D eigenvalue weighted by Crippen LogP contribution is -2.10. The van der Waals surface area contributed by atoms with Crippen molar-refractivity contribution in [3.05, 3.63) is 75.5 Å². The smallest absolute Gasteiger partial charge is 0.265 e. The molecular formula is C22H23NO3S. The van der Waals surface area contributed by atoms with Crippen LogP contribution in [0.25, 0.3) is 0 Å². The SMILES string of the molecule is CCc1ccc(NC(=O)c2cc(COc3ccc(C)cc3OC)cs2)cc1. The Balaban J connectivity index is 1.61. The molecule has 140 valence electrons. The maximum Gasteiger partial charge on any atom is 0.265 e. The van der Waals surface area contributed by atoms with Crippen LogP contribution in [0, 0.1) is 6.92 Å². The Bertz CT molecular complexity index is 916. The molecule has 0 spiro atoms. The summed E-state index contributed by atoms with van der Waals surface area (Å²) in [6.45, 7) is 4.50. The van der Waals surface area contributed by atoms with Crippen molar-refractivity contribution in [1.29, 1.82) is 0 Å². The molecule has 1 aromatic heterocycles. The predicted octanol–water partition coefficient (Wildman–Crippen LogP) is 5.46. The Labute approximate surface area is 163 Å². The van der Waals surface area contributed by atoms with E-state index in [0.717, 1.165) is 23.2 Å². The summed E-state index contributed by atoms with van der Waals surface area (Å²) in [5.74, 6) is 1.29. The molecule has 0 aliphatic carbocycles. The first-order valence-corrected chi connectivity index (χ1v) is 9.72. The van der Waals surface area contributed by atoms with Crippen molar-refractivity contribution in [3.63, 3.8) is 0 Å². The van der Waals surface area contributed by atoms with Crippen molar-refractivity contribution in [2.45, 2.75) is 26.9 Å². The van der Waals surface area contributed by atoms with Crippen molar-refractivity contribution in [2.24, 2.45) is 0 Å². The lowest BCUT2D eigenvalue weighted by molar-refractivity contribution is 0.103. The summed E-state index contributed by atoms with van der Waals surface area (Å²) in [5.41, 5.74) is 4.11. The number of benzene rings is 2. The molecule has 1 heterocycles. The topological polar surface area (TPSA) is 47.6 Å². The van der Waals surface area contributed by atoms with E-state index in [0.29, 0.717) is 23.0 Å². The van der Waals surface area contributed by atoms with Crippen LogP contribution in [0.3, 0.4) is 0 Å². The molecule has 0 atom stereocenters. The van der Waals surface area contributed by atoms with E-state index in [1.165, 1.54) is 16.9 Å². The van der Waals surface area contributed by atoms with Crippen LogP contribution in [-0.4, -0.2) is 13.0 Å². The second-order valence-electron chi connectivity index (χ2n) is 6.27. The van der Waals surface area contributed by atoms with Gasteiger partial charge in [0.2, 0.25) is 0 Å². The molecular weight excluding hydrogens is 358 g/mol. The van der Waals surface area contributed by atoms with Gasteiger partial charge in [-0.3, -0.25) is 4.79 Å². The number of methoxy groups -OCH3 is 1. The number of rotatable bonds is 7. The van der Waals surface area contributed by atoms with Gasteiger partial charge in [0.1, 0.15) is 6.61 Å². The average Bonchev–Trinajstić information content (AvgIpc) is 3.16. The minimum Gasteiger partial charge on any atom is -0.493 e. The van der Waals surface area contributed by atoms with Crippen molar-refractivity contribution < 1.29 is 14.3 Å². The number of thiophene rings is 1. The van der Waals surface area contributed by atoms with Crippen LogP contribution in [-0.2, 0) is 13.0 Å². The quantitative estimate of drug-likeness (QED) is 0.591. The van der Waals surface area contributed by atoms with Crippen molar-refractivity contribution in [1.82, 2.24) is 0 Å². The fourth-order valence-corrected chi connectivity index (χ4v) is 3.43. The van der Waals surface area contributed by atoms with E-state index in [9.17, 15) is 4.79 Å². The Morgan fingerprint density at radius 1 is 1.04 bits per heavy atom. The highest BCUT2D eigenvalue weighted by molar-refractivity contribution is 7.12. The van der Waals surface area contributed by atoms with E-state index < -0.39 is 0 Å². The largest absolute Gasteiger partial charge is 0.493 e. The van der Waals surface area contributed by atoms with E-state index >= 15 is 0 Å². The van der Waals surface area contributed by atoms with E-state index in [-0.39, 0.29) is 5.91 Å². The van der Waals surface area contributed by atoms with Gasteiger partial charge in [0, 0.05) is 11.3 Å². The van der Waals surface area contributed by atoms with Gasteiger partial charge in [-0.15, -0.1) is 11.3 Å². The van der Waals surface area contributed by atoms with E-state index in [1.807, 2.05) is 60.8 Å². The molecule has 2 aromatic carbocycles. The van der Waals surface area contributed by atoms with E-state index in [4.69, 9.17) is 9.47 Å². The molecule has 0 fully saturated rings. The van der Waals surface area contributed by atoms with Gasteiger partial charge in [0.25, 0.3) is 5.91 Å². The van der Waals surface area contributed by atoms with Gasteiger partial charge in [0.05, 0.1) is 12.0 Å². The maximum atomic E-state index is 12.4. The second kappa shape index (κ2) is 8.73. The molecule has 1 N–H and O–H groups in total. The first kappa shape index (κ1) is 19.0. The molecule has 5 heteroatoms. The number of carbonyl (C=O) groups is 1. The van der Waals surface area contributed by atoms with Crippen LogP contribution in [0.1, 0.15) is 33.3 Å². The number of hydrogen-bond acceptors (Lipinski definition) is 4. The molecule has 4 nitrogen and oxygen atoms in total. The minimum atomic E-state index is -0.108. The third-order valence-electron chi connectivity index (χ3n) is 4.21. The molecule has 1 amide bonds. The third-order valence-corrected chi connectivity index (χ3v) is 5.19. The summed E-state index contributed by atoms with van der Waals surface area (Å²) in [6.07, 6.45) is 0.980. The molecule has 0 aliphatic heterocycles. The Morgan fingerprint density at radius 2 is 1.81 bits per heavy atom. The van der Waals surface area contributed by atoms with Gasteiger partial charge < -0.3 is 14.8 Å². The summed E-state index contributed by atoms with van der Waals surface area (Å²) < 4.78 is 11.2. The highest BCUT2D eigenvalue weighted by Crippen LogP contribution is 2.29. The first-order chi connectivity index (χ1) is 13.1. The van der Waals surface area contributed by atoms with Gasteiger partial charge >= 0.3 is 0 Å². The predicted molar refractivity (Wildman–Crippen MR) is 110 cm³/mol. The normalized spacial score (nSPS) is 10.5. The highest BCUT2D eigenvalue weighted by Gasteiger charge is 2.11. The summed E-state index contributed by atoms with van der Waals surface area (Å²) in [5, 5.41) is 4.87. The number of anilines is 1. The first-order valence-electron chi connectivity index (χ1n) is 8.84. The number of hydrogen-bond donors (Lipinski definition) is 1. The van der Waals surface area contributed by atoms with Crippen LogP contribution in [0.5, 0.6) is 11.5 Å². The molecule has 0 radical (unpaired) electrons. The standard InChI is InChI=1S/C22H23NO3S/c1-4-16-6-8-18(9-7-16)23-22(24)21-12-17(14-27-21)13-26-19-10-5-15(2)11-20(19)25-3/h5-12,14H,4,13H2,1-3H3,(H,23,24). The zero-order valence-corrected chi connectivity index (χ0v) is 16.6. The van der Waals surface area contributed by atoms with Crippen LogP contribution in [0.2, 0.25) is 0 Å². The van der Waals surface area contributed by atoms with Crippen LogP contribution in [0.15, 0.2) is 53.9 Å². The number of amides is 1. The van der Waals surface area contributed by atoms with Gasteiger partial charge in [-0.1, -0.05) is 25.1 Å². The summed E-state index contributed by atoms with van der Waals surface area (Å²) in [4.78, 5) is 13.1. The van der Waals surface area contributed by atoms with Crippen molar-refractivity contribution in [2.75, 3.05) is 12.4 Å². The van der Waals surface area contributed by atoms with Crippen molar-refractivity contribution in [3.8, 4) is 11.5 Å². The minimum absolute atomic E-state index is 0.108. The Morgan fingerprint density at radius 3 is 2.52 bits per heavy atom. The molecule has 3 aromatic rings. The molecule has 3 rings (SSSR count). The number of nitrogens with one attached hydrogen (secondary N) is 1. The number of ether oxygens (including phenoxy) is 2. The summed E-state index contributed by atoms with van der Waals surface area (Å²) >= 11 is 1.41. The fraction of sp³-hybridized carbons (Fsp3) is 0.227. The zero-order valence-electron chi connectivity index (χ0n) is 15.7. The number of aryl methyl sites for hydroxylation is 2. The van der Waals surface area contributed by atoms with Crippen LogP contribution in [0.4, 0.5) is 5.69 Å². The monoisotopic (exact) mass is 381 g/mol. The molecule has 27 heavy (non-hydrogen) atoms. The lowest BCUT2D eigenvalue weighted by Gasteiger charge is -2.10. The molecule has 0 unspecified atom stereocenters. The summed E-state index contributed by atoms with van der Waals surface area (Å²) in [7, 11) is 1.63. The molecule has 0 saturated carbocycles. The number of carbonyl (C=O) groups excluding carboxylic acids is 1. The van der Waals surface area contributed by atoms with Crippen LogP contribution < -0.4 is 14.8 Å². The Kier molecular flexibility index (Phi) is 6.14. The molecule has 0 bridgehead atoms. The molecule has 0 aliphatic rings. The zero-order chi connectivity index (χ0) is 19.2. The maximum absolute atomic E-state index is 12.4.